The Bertz CT molecular complexity index is 1020. The normalized spacial score (nSPS) is 10.7. The molecule has 0 heterocycles. The van der Waals surface area contributed by atoms with Crippen LogP contribution in [0.3, 0.4) is 0 Å². The summed E-state index contributed by atoms with van der Waals surface area (Å²) in [5.74, 6) is 0. The minimum Gasteiger partial charge on any atom is -0.258 e. The Labute approximate surface area is 128 Å². The van der Waals surface area contributed by atoms with Crippen molar-refractivity contribution in [2.24, 2.45) is 0 Å². The topological polar surface area (TPSA) is 43.1 Å². The highest BCUT2D eigenvalue weighted by Crippen LogP contribution is 2.36. The SMILES string of the molecule is O=[N+]([O-])c1cc2c3ccccc3ccc2c2ccccc12.[C]. The number of nitro benzene ring substituents is 1. The molecular formula is C19H11NO2. The molecule has 0 amide bonds. The number of rotatable bonds is 1. The van der Waals surface area contributed by atoms with Gasteiger partial charge in [0.05, 0.1) is 10.3 Å². The van der Waals surface area contributed by atoms with Crippen LogP contribution < -0.4 is 0 Å². The molecule has 0 spiro atoms. The molecule has 4 radical (unpaired) electrons. The molecule has 0 saturated heterocycles. The second kappa shape index (κ2) is 5.11. The quantitative estimate of drug-likeness (QED) is 0.276. The van der Waals surface area contributed by atoms with Crippen molar-refractivity contribution in [3.8, 4) is 0 Å². The van der Waals surface area contributed by atoms with Crippen LogP contribution in [0.4, 0.5) is 5.69 Å². The zero-order valence-corrected chi connectivity index (χ0v) is 11.6. The van der Waals surface area contributed by atoms with Gasteiger partial charge in [0, 0.05) is 13.5 Å². The molecule has 0 aliphatic carbocycles. The molecule has 0 fully saturated rings. The van der Waals surface area contributed by atoms with Crippen molar-refractivity contribution in [3.05, 3.63) is 84.3 Å². The van der Waals surface area contributed by atoms with E-state index in [4.69, 9.17) is 0 Å². The maximum Gasteiger partial charge on any atom is 0.277 e. The summed E-state index contributed by atoms with van der Waals surface area (Å²) in [6.45, 7) is 0. The first-order chi connectivity index (χ1) is 10.3. The van der Waals surface area contributed by atoms with Crippen LogP contribution in [0.2, 0.25) is 0 Å². The largest absolute Gasteiger partial charge is 0.277 e. The number of nitrogens with zero attached hydrogens (tertiary/aromatic N) is 1. The minimum atomic E-state index is -0.302. The third kappa shape index (κ3) is 1.91. The third-order valence-electron chi connectivity index (χ3n) is 3.94. The van der Waals surface area contributed by atoms with E-state index in [2.05, 4.69) is 6.07 Å². The van der Waals surface area contributed by atoms with Crippen LogP contribution in [0.5, 0.6) is 0 Å². The second-order valence-corrected chi connectivity index (χ2v) is 5.08. The molecule has 22 heavy (non-hydrogen) atoms. The molecule has 0 aromatic heterocycles. The first-order valence-electron chi connectivity index (χ1n) is 6.73. The van der Waals surface area contributed by atoms with Gasteiger partial charge in [-0.3, -0.25) is 10.1 Å². The standard InChI is InChI=1S/C18H11NO2.C/c20-19(21)18-11-17-13-6-2-1-5-12(13)9-10-15(17)14-7-3-4-8-16(14)18;/h1-11H;. The molecule has 4 rings (SSSR count). The van der Waals surface area contributed by atoms with Crippen molar-refractivity contribution in [2.75, 3.05) is 0 Å². The number of hydrogen-bond donors (Lipinski definition) is 0. The molecule has 0 aliphatic heterocycles. The van der Waals surface area contributed by atoms with Crippen molar-refractivity contribution in [3.63, 3.8) is 0 Å². The summed E-state index contributed by atoms with van der Waals surface area (Å²) >= 11 is 0. The minimum absolute atomic E-state index is 0. The number of fused-ring (bicyclic) bond motifs is 5. The van der Waals surface area contributed by atoms with Crippen molar-refractivity contribution < 1.29 is 4.92 Å². The van der Waals surface area contributed by atoms with Crippen LogP contribution in [-0.4, -0.2) is 4.92 Å². The van der Waals surface area contributed by atoms with Crippen LogP contribution in [0.15, 0.2) is 66.7 Å². The Morgan fingerprint density at radius 3 is 2.00 bits per heavy atom. The lowest BCUT2D eigenvalue weighted by molar-refractivity contribution is -0.382. The fourth-order valence-corrected chi connectivity index (χ4v) is 2.99. The average Bonchev–Trinajstić information content (AvgIpc) is 2.53. The maximum absolute atomic E-state index is 11.4. The van der Waals surface area contributed by atoms with Crippen LogP contribution in [-0.2, 0) is 0 Å². The van der Waals surface area contributed by atoms with E-state index >= 15 is 0 Å². The van der Waals surface area contributed by atoms with Gasteiger partial charge < -0.3 is 0 Å². The first-order valence-corrected chi connectivity index (χ1v) is 6.73. The van der Waals surface area contributed by atoms with Gasteiger partial charge in [0.15, 0.2) is 0 Å². The van der Waals surface area contributed by atoms with Crippen molar-refractivity contribution in [1.82, 2.24) is 0 Å². The summed E-state index contributed by atoms with van der Waals surface area (Å²) in [7, 11) is 0. The van der Waals surface area contributed by atoms with Gasteiger partial charge in [0.25, 0.3) is 5.69 Å². The molecule has 0 N–H and O–H groups in total. The number of benzene rings is 4. The Hall–Kier alpha value is -2.94. The van der Waals surface area contributed by atoms with Crippen molar-refractivity contribution in [2.45, 2.75) is 0 Å². The van der Waals surface area contributed by atoms with E-state index in [-0.39, 0.29) is 18.0 Å². The average molecular weight is 285 g/mol. The van der Waals surface area contributed by atoms with Gasteiger partial charge in [0.1, 0.15) is 0 Å². The highest BCUT2D eigenvalue weighted by Gasteiger charge is 2.15. The molecule has 0 aliphatic rings. The van der Waals surface area contributed by atoms with Gasteiger partial charge in [-0.1, -0.05) is 54.6 Å². The summed E-state index contributed by atoms with van der Waals surface area (Å²) in [6, 6.07) is 21.3. The Balaban J connectivity index is 0.00000144. The molecule has 3 heteroatoms. The highest BCUT2D eigenvalue weighted by molar-refractivity contribution is 6.19. The van der Waals surface area contributed by atoms with E-state index in [1.165, 1.54) is 0 Å². The summed E-state index contributed by atoms with van der Waals surface area (Å²) in [4.78, 5) is 11.1. The monoisotopic (exact) mass is 285 g/mol. The maximum atomic E-state index is 11.4. The summed E-state index contributed by atoms with van der Waals surface area (Å²) in [5, 5.41) is 17.1. The molecule has 4 aromatic rings. The zero-order valence-electron chi connectivity index (χ0n) is 11.6. The third-order valence-corrected chi connectivity index (χ3v) is 3.94. The van der Waals surface area contributed by atoms with Gasteiger partial charge in [-0.15, -0.1) is 0 Å². The summed E-state index contributed by atoms with van der Waals surface area (Å²) < 4.78 is 0. The van der Waals surface area contributed by atoms with Gasteiger partial charge in [-0.05, 0) is 33.0 Å². The van der Waals surface area contributed by atoms with Gasteiger partial charge in [-0.2, -0.15) is 0 Å². The van der Waals surface area contributed by atoms with E-state index in [9.17, 15) is 10.1 Å². The van der Waals surface area contributed by atoms with Gasteiger partial charge in [-0.25, -0.2) is 0 Å². The molecule has 4 aromatic carbocycles. The molecule has 0 bridgehead atoms. The Morgan fingerprint density at radius 2 is 1.27 bits per heavy atom. The lowest BCUT2D eigenvalue weighted by Crippen LogP contribution is -1.91. The predicted molar refractivity (Wildman–Crippen MR) is 88.9 cm³/mol. The first kappa shape index (κ1) is 14.0. The van der Waals surface area contributed by atoms with E-state index in [1.54, 1.807) is 6.07 Å². The smallest absolute Gasteiger partial charge is 0.258 e. The molecule has 3 nitrogen and oxygen atoms in total. The van der Waals surface area contributed by atoms with Crippen LogP contribution in [0, 0.1) is 17.5 Å². The number of non-ortho nitro benzene ring substituents is 1. The van der Waals surface area contributed by atoms with E-state index < -0.39 is 0 Å². The van der Waals surface area contributed by atoms with Gasteiger partial charge in [0.2, 0.25) is 0 Å². The van der Waals surface area contributed by atoms with Crippen LogP contribution >= 0.6 is 0 Å². The lowest BCUT2D eigenvalue weighted by atomic mass is 9.96. The molecule has 0 atom stereocenters. The lowest BCUT2D eigenvalue weighted by Gasteiger charge is -2.08. The summed E-state index contributed by atoms with van der Waals surface area (Å²) in [6.07, 6.45) is 0. The molecule has 104 valence electrons. The predicted octanol–water partition coefficient (Wildman–Crippen LogP) is 5.14. The summed E-state index contributed by atoms with van der Waals surface area (Å²) in [5.41, 5.74) is 0.162. The van der Waals surface area contributed by atoms with E-state index in [1.807, 2.05) is 54.6 Å². The Morgan fingerprint density at radius 1 is 0.682 bits per heavy atom. The molecule has 0 unspecified atom stereocenters. The van der Waals surface area contributed by atoms with Crippen molar-refractivity contribution >= 4 is 38.0 Å². The molecule has 0 saturated carbocycles. The van der Waals surface area contributed by atoms with Crippen LogP contribution in [0.1, 0.15) is 0 Å². The van der Waals surface area contributed by atoms with E-state index in [0.29, 0.717) is 5.39 Å². The van der Waals surface area contributed by atoms with Crippen LogP contribution in [0.25, 0.3) is 32.3 Å². The fraction of sp³-hybridized carbons (Fsp3) is 0. The number of hydrogen-bond acceptors (Lipinski definition) is 2. The highest BCUT2D eigenvalue weighted by atomic mass is 16.6. The van der Waals surface area contributed by atoms with Gasteiger partial charge >= 0.3 is 0 Å². The molecular weight excluding hydrogens is 274 g/mol. The fourth-order valence-electron chi connectivity index (χ4n) is 2.99. The van der Waals surface area contributed by atoms with E-state index in [0.717, 1.165) is 26.9 Å². The second-order valence-electron chi connectivity index (χ2n) is 5.08. The Kier molecular flexibility index (Phi) is 3.26. The zero-order chi connectivity index (χ0) is 14.4. The number of nitro groups is 1. The van der Waals surface area contributed by atoms with Crippen molar-refractivity contribution in [1.29, 1.82) is 0 Å².